The van der Waals surface area contributed by atoms with Gasteiger partial charge in [-0.15, -0.1) is 0 Å². The van der Waals surface area contributed by atoms with E-state index in [-0.39, 0.29) is 23.5 Å². The number of rotatable bonds is 7. The van der Waals surface area contributed by atoms with Gasteiger partial charge in [-0.1, -0.05) is 60.7 Å². The summed E-state index contributed by atoms with van der Waals surface area (Å²) < 4.78 is 13.0. The number of piperazine rings is 1. The number of amides is 2. The molecule has 0 unspecified atom stereocenters. The minimum Gasteiger partial charge on any atom is -0.351 e. The Hall–Kier alpha value is -3.51. The fourth-order valence-electron chi connectivity index (χ4n) is 4.17. The molecule has 3 aromatic carbocycles. The van der Waals surface area contributed by atoms with Crippen LogP contribution >= 0.6 is 0 Å². The normalized spacial score (nSPS) is 14.3. The van der Waals surface area contributed by atoms with Crippen LogP contribution in [-0.2, 0) is 4.79 Å². The zero-order valence-electron chi connectivity index (χ0n) is 18.5. The zero-order chi connectivity index (χ0) is 23.0. The Labute approximate surface area is 193 Å². The standard InChI is InChI=1S/C27H28FN3O2/c28-24-13-11-23(12-14-24)26(32)29-15-16-30-17-19-31(20-18-30)27(33)25(21-7-3-1-4-8-21)22-9-5-2-6-10-22/h1-14,25H,15-20H2,(H,29,32). The highest BCUT2D eigenvalue weighted by atomic mass is 19.1. The maximum atomic E-state index is 13.5. The number of nitrogens with one attached hydrogen (secondary N) is 1. The van der Waals surface area contributed by atoms with Gasteiger partial charge in [0.15, 0.2) is 0 Å². The van der Waals surface area contributed by atoms with E-state index in [1.165, 1.54) is 24.3 Å². The largest absolute Gasteiger partial charge is 0.351 e. The van der Waals surface area contributed by atoms with Gasteiger partial charge in [-0.3, -0.25) is 14.5 Å². The Morgan fingerprint density at radius 3 is 1.88 bits per heavy atom. The molecule has 1 N–H and O–H groups in total. The molecule has 3 aromatic rings. The lowest BCUT2D eigenvalue weighted by Gasteiger charge is -2.36. The summed E-state index contributed by atoms with van der Waals surface area (Å²) in [6.07, 6.45) is 0. The molecule has 6 heteroatoms. The summed E-state index contributed by atoms with van der Waals surface area (Å²) in [5, 5.41) is 2.88. The van der Waals surface area contributed by atoms with Crippen LogP contribution in [0.2, 0.25) is 0 Å². The van der Waals surface area contributed by atoms with Crippen molar-refractivity contribution in [3.05, 3.63) is 107 Å². The van der Waals surface area contributed by atoms with Crippen LogP contribution < -0.4 is 5.32 Å². The van der Waals surface area contributed by atoms with Gasteiger partial charge < -0.3 is 10.2 Å². The molecule has 0 spiro atoms. The molecule has 1 aliphatic heterocycles. The lowest BCUT2D eigenvalue weighted by Crippen LogP contribution is -2.51. The molecule has 1 saturated heterocycles. The maximum Gasteiger partial charge on any atom is 0.251 e. The molecular formula is C27H28FN3O2. The van der Waals surface area contributed by atoms with Gasteiger partial charge in [0, 0.05) is 44.8 Å². The lowest BCUT2D eigenvalue weighted by atomic mass is 9.90. The van der Waals surface area contributed by atoms with E-state index in [0.717, 1.165) is 24.2 Å². The predicted octanol–water partition coefficient (Wildman–Crippen LogP) is 3.53. The van der Waals surface area contributed by atoms with Crippen molar-refractivity contribution in [3.8, 4) is 0 Å². The average molecular weight is 446 g/mol. The summed E-state index contributed by atoms with van der Waals surface area (Å²) in [5.41, 5.74) is 2.44. The number of hydrogen-bond donors (Lipinski definition) is 1. The van der Waals surface area contributed by atoms with E-state index in [4.69, 9.17) is 0 Å². The topological polar surface area (TPSA) is 52.7 Å². The molecular weight excluding hydrogens is 417 g/mol. The van der Waals surface area contributed by atoms with E-state index in [1.54, 1.807) is 0 Å². The van der Waals surface area contributed by atoms with Gasteiger partial charge in [-0.05, 0) is 35.4 Å². The van der Waals surface area contributed by atoms with Crippen molar-refractivity contribution < 1.29 is 14.0 Å². The van der Waals surface area contributed by atoms with Crippen LogP contribution in [-0.4, -0.2) is 60.9 Å². The number of carbonyl (C=O) groups excluding carboxylic acids is 2. The molecule has 4 rings (SSSR count). The second-order valence-corrected chi connectivity index (χ2v) is 8.18. The molecule has 0 bridgehead atoms. The highest BCUT2D eigenvalue weighted by Crippen LogP contribution is 2.27. The van der Waals surface area contributed by atoms with Crippen molar-refractivity contribution in [2.45, 2.75) is 5.92 Å². The Morgan fingerprint density at radius 2 is 1.33 bits per heavy atom. The molecule has 2 amide bonds. The van der Waals surface area contributed by atoms with E-state index >= 15 is 0 Å². The van der Waals surface area contributed by atoms with Crippen LogP contribution in [0.1, 0.15) is 27.4 Å². The van der Waals surface area contributed by atoms with Crippen molar-refractivity contribution in [1.82, 2.24) is 15.1 Å². The molecule has 33 heavy (non-hydrogen) atoms. The van der Waals surface area contributed by atoms with E-state index in [1.807, 2.05) is 65.6 Å². The molecule has 1 fully saturated rings. The first kappa shape index (κ1) is 22.7. The minimum absolute atomic E-state index is 0.122. The van der Waals surface area contributed by atoms with Crippen LogP contribution in [0.5, 0.6) is 0 Å². The van der Waals surface area contributed by atoms with Gasteiger partial charge in [-0.25, -0.2) is 4.39 Å². The fraction of sp³-hybridized carbons (Fsp3) is 0.259. The summed E-state index contributed by atoms with van der Waals surface area (Å²) in [6, 6.07) is 25.4. The first-order chi connectivity index (χ1) is 16.1. The molecule has 0 atom stereocenters. The number of carbonyl (C=O) groups is 2. The van der Waals surface area contributed by atoms with Crippen molar-refractivity contribution >= 4 is 11.8 Å². The Balaban J connectivity index is 1.30. The Morgan fingerprint density at radius 1 is 0.788 bits per heavy atom. The Kier molecular flexibility index (Phi) is 7.47. The van der Waals surface area contributed by atoms with Crippen LogP contribution in [0.3, 0.4) is 0 Å². The molecule has 5 nitrogen and oxygen atoms in total. The third-order valence-corrected chi connectivity index (χ3v) is 6.02. The van der Waals surface area contributed by atoms with Crippen molar-refractivity contribution in [3.63, 3.8) is 0 Å². The van der Waals surface area contributed by atoms with Crippen LogP contribution in [0.25, 0.3) is 0 Å². The highest BCUT2D eigenvalue weighted by molar-refractivity contribution is 5.94. The lowest BCUT2D eigenvalue weighted by molar-refractivity contribution is -0.133. The molecule has 1 aliphatic rings. The number of hydrogen-bond acceptors (Lipinski definition) is 3. The molecule has 170 valence electrons. The van der Waals surface area contributed by atoms with E-state index < -0.39 is 0 Å². The van der Waals surface area contributed by atoms with Crippen molar-refractivity contribution in [2.75, 3.05) is 39.3 Å². The average Bonchev–Trinajstić information content (AvgIpc) is 2.86. The molecule has 0 aliphatic carbocycles. The highest BCUT2D eigenvalue weighted by Gasteiger charge is 2.29. The second kappa shape index (κ2) is 10.9. The van der Waals surface area contributed by atoms with Gasteiger partial charge in [-0.2, -0.15) is 0 Å². The molecule has 0 aromatic heterocycles. The van der Waals surface area contributed by atoms with Gasteiger partial charge in [0.1, 0.15) is 5.82 Å². The monoisotopic (exact) mass is 445 g/mol. The van der Waals surface area contributed by atoms with Gasteiger partial charge in [0.25, 0.3) is 5.91 Å². The van der Waals surface area contributed by atoms with Crippen molar-refractivity contribution in [2.24, 2.45) is 0 Å². The maximum absolute atomic E-state index is 13.5. The van der Waals surface area contributed by atoms with Gasteiger partial charge in [0.2, 0.25) is 5.91 Å². The van der Waals surface area contributed by atoms with Gasteiger partial charge >= 0.3 is 0 Å². The summed E-state index contributed by atoms with van der Waals surface area (Å²) in [6.45, 7) is 4.03. The number of halogens is 1. The summed E-state index contributed by atoms with van der Waals surface area (Å²) in [5.74, 6) is -0.760. The summed E-state index contributed by atoms with van der Waals surface area (Å²) in [7, 11) is 0. The quantitative estimate of drug-likeness (QED) is 0.605. The molecule has 0 saturated carbocycles. The number of benzene rings is 3. The molecule has 1 heterocycles. The van der Waals surface area contributed by atoms with Crippen LogP contribution in [0.15, 0.2) is 84.9 Å². The minimum atomic E-state index is -0.360. The summed E-state index contributed by atoms with van der Waals surface area (Å²) >= 11 is 0. The Bertz CT molecular complexity index is 1010. The third-order valence-electron chi connectivity index (χ3n) is 6.02. The van der Waals surface area contributed by atoms with E-state index in [2.05, 4.69) is 10.2 Å². The van der Waals surface area contributed by atoms with Crippen LogP contribution in [0.4, 0.5) is 4.39 Å². The predicted molar refractivity (Wildman–Crippen MR) is 126 cm³/mol. The van der Waals surface area contributed by atoms with Crippen molar-refractivity contribution in [1.29, 1.82) is 0 Å². The zero-order valence-corrected chi connectivity index (χ0v) is 18.5. The molecule has 0 radical (unpaired) electrons. The SMILES string of the molecule is O=C(NCCN1CCN(C(=O)C(c2ccccc2)c2ccccc2)CC1)c1ccc(F)cc1. The fourth-order valence-corrected chi connectivity index (χ4v) is 4.17. The van der Waals surface area contributed by atoms with E-state index in [0.29, 0.717) is 31.7 Å². The van der Waals surface area contributed by atoms with Gasteiger partial charge in [0.05, 0.1) is 5.92 Å². The second-order valence-electron chi connectivity index (χ2n) is 8.18. The van der Waals surface area contributed by atoms with Crippen LogP contribution in [0, 0.1) is 5.82 Å². The first-order valence-corrected chi connectivity index (χ1v) is 11.3. The summed E-state index contributed by atoms with van der Waals surface area (Å²) in [4.78, 5) is 29.9. The third kappa shape index (κ3) is 5.84. The smallest absolute Gasteiger partial charge is 0.251 e. The van der Waals surface area contributed by atoms with E-state index in [9.17, 15) is 14.0 Å². The number of nitrogens with zero attached hydrogens (tertiary/aromatic N) is 2. The first-order valence-electron chi connectivity index (χ1n) is 11.3.